The van der Waals surface area contributed by atoms with Gasteiger partial charge in [0, 0.05) is 37.2 Å². The van der Waals surface area contributed by atoms with Crippen LogP contribution in [0.25, 0.3) is 0 Å². The van der Waals surface area contributed by atoms with Crippen molar-refractivity contribution in [2.45, 2.75) is 31.2 Å². The monoisotopic (exact) mass is 380 g/mol. The van der Waals surface area contributed by atoms with E-state index in [-0.39, 0.29) is 23.4 Å². The molecule has 2 aliphatic rings. The molecule has 2 aromatic heterocycles. The lowest BCUT2D eigenvalue weighted by Gasteiger charge is -2.35. The molecule has 9 heteroatoms. The van der Waals surface area contributed by atoms with Gasteiger partial charge < -0.3 is 14.6 Å². The van der Waals surface area contributed by atoms with Crippen molar-refractivity contribution in [1.82, 2.24) is 19.4 Å². The fraction of sp³-hybridized carbons (Fsp3) is 0.500. The zero-order chi connectivity index (χ0) is 19.2. The molecule has 27 heavy (non-hydrogen) atoms. The van der Waals surface area contributed by atoms with Crippen LogP contribution in [0.4, 0.5) is 13.2 Å². The third kappa shape index (κ3) is 3.43. The maximum atomic E-state index is 12.8. The van der Waals surface area contributed by atoms with Crippen molar-refractivity contribution in [2.24, 2.45) is 11.8 Å². The second kappa shape index (κ2) is 6.63. The number of carbonyl (C=O) groups excluding carboxylic acids is 1. The molecule has 1 saturated carbocycles. The van der Waals surface area contributed by atoms with Crippen LogP contribution in [0.5, 0.6) is 0 Å². The van der Waals surface area contributed by atoms with E-state index in [2.05, 4.69) is 9.97 Å². The summed E-state index contributed by atoms with van der Waals surface area (Å²) in [5.41, 5.74) is -1.08. The van der Waals surface area contributed by atoms with Gasteiger partial charge in [-0.05, 0) is 36.8 Å². The Hall–Kier alpha value is -2.42. The summed E-state index contributed by atoms with van der Waals surface area (Å²) >= 11 is 0. The standard InChI is InChI=1S/C18H19F3N4O2/c19-18(20,21)16-7-11(1-2-23-16)17(27)25-8-12-5-14(24-4-3-22-10-24)15(26)6-13(12)9-25/h1-4,7,10,12-15,26H,5-6,8-9H2/t12-,13+,14-,15-/m1/s1. The Morgan fingerprint density at radius 1 is 1.19 bits per heavy atom. The van der Waals surface area contributed by atoms with E-state index in [9.17, 15) is 23.1 Å². The molecule has 0 aromatic carbocycles. The molecule has 1 amide bonds. The molecule has 1 aliphatic heterocycles. The van der Waals surface area contributed by atoms with Gasteiger partial charge in [-0.3, -0.25) is 9.78 Å². The normalized spacial score (nSPS) is 28.2. The molecule has 2 aromatic rings. The number of aromatic nitrogens is 3. The number of hydrogen-bond acceptors (Lipinski definition) is 4. The average molecular weight is 380 g/mol. The topological polar surface area (TPSA) is 71.2 Å². The first kappa shape index (κ1) is 18.0. The number of hydrogen-bond donors (Lipinski definition) is 1. The van der Waals surface area contributed by atoms with E-state index in [0.717, 1.165) is 12.3 Å². The quantitative estimate of drug-likeness (QED) is 0.869. The number of imidazole rings is 1. The Kier molecular flexibility index (Phi) is 4.41. The maximum absolute atomic E-state index is 12.8. The summed E-state index contributed by atoms with van der Waals surface area (Å²) in [5, 5.41) is 10.5. The summed E-state index contributed by atoms with van der Waals surface area (Å²) in [7, 11) is 0. The number of pyridine rings is 1. The first-order chi connectivity index (χ1) is 12.8. The van der Waals surface area contributed by atoms with E-state index in [1.54, 1.807) is 17.4 Å². The van der Waals surface area contributed by atoms with Crippen molar-refractivity contribution in [1.29, 1.82) is 0 Å². The van der Waals surface area contributed by atoms with Crippen molar-refractivity contribution >= 4 is 5.91 Å². The van der Waals surface area contributed by atoms with Gasteiger partial charge in [0.25, 0.3) is 5.91 Å². The third-order valence-corrected chi connectivity index (χ3v) is 5.60. The number of likely N-dealkylation sites (tertiary alicyclic amines) is 1. The predicted molar refractivity (Wildman–Crippen MR) is 88.6 cm³/mol. The molecule has 0 spiro atoms. The Morgan fingerprint density at radius 2 is 1.93 bits per heavy atom. The van der Waals surface area contributed by atoms with Gasteiger partial charge >= 0.3 is 6.18 Å². The number of carbonyl (C=O) groups is 1. The largest absolute Gasteiger partial charge is 0.433 e. The average Bonchev–Trinajstić information content (AvgIpc) is 3.29. The zero-order valence-corrected chi connectivity index (χ0v) is 14.4. The Bertz CT molecular complexity index is 824. The van der Waals surface area contributed by atoms with Crippen molar-refractivity contribution in [3.63, 3.8) is 0 Å². The van der Waals surface area contributed by atoms with Crippen molar-refractivity contribution in [2.75, 3.05) is 13.1 Å². The summed E-state index contributed by atoms with van der Waals surface area (Å²) in [6.07, 6.45) is 2.29. The SMILES string of the molecule is O=C(c1ccnc(C(F)(F)F)c1)N1C[C@H]2C[C@@H](n3ccnc3)[C@H](O)C[C@H]2C1. The van der Waals surface area contributed by atoms with Crippen LogP contribution < -0.4 is 0 Å². The molecule has 1 N–H and O–H groups in total. The molecule has 0 radical (unpaired) electrons. The summed E-state index contributed by atoms with van der Waals surface area (Å²) < 4.78 is 40.4. The van der Waals surface area contributed by atoms with Gasteiger partial charge in [-0.15, -0.1) is 0 Å². The summed E-state index contributed by atoms with van der Waals surface area (Å²) in [5.74, 6) is -0.0766. The first-order valence-electron chi connectivity index (χ1n) is 8.81. The van der Waals surface area contributed by atoms with Crippen LogP contribution in [0.1, 0.15) is 34.9 Å². The van der Waals surface area contributed by atoms with E-state index in [1.807, 2.05) is 10.8 Å². The van der Waals surface area contributed by atoms with Crippen LogP contribution in [0, 0.1) is 11.8 Å². The molecule has 1 saturated heterocycles. The maximum Gasteiger partial charge on any atom is 0.433 e. The Balaban J connectivity index is 1.49. The molecule has 4 atom stereocenters. The molecule has 4 rings (SSSR count). The van der Waals surface area contributed by atoms with Crippen LogP contribution >= 0.6 is 0 Å². The van der Waals surface area contributed by atoms with E-state index in [0.29, 0.717) is 25.9 Å². The number of halogens is 3. The molecule has 0 unspecified atom stereocenters. The lowest BCUT2D eigenvalue weighted by molar-refractivity contribution is -0.141. The minimum atomic E-state index is -4.59. The van der Waals surface area contributed by atoms with E-state index in [4.69, 9.17) is 0 Å². The number of fused-ring (bicyclic) bond motifs is 1. The highest BCUT2D eigenvalue weighted by atomic mass is 19.4. The molecule has 1 aliphatic carbocycles. The molecule has 2 fully saturated rings. The van der Waals surface area contributed by atoms with Gasteiger partial charge in [0.05, 0.1) is 18.5 Å². The smallest absolute Gasteiger partial charge is 0.391 e. The number of rotatable bonds is 2. The van der Waals surface area contributed by atoms with Gasteiger partial charge in [0.15, 0.2) is 0 Å². The fourth-order valence-electron chi connectivity index (χ4n) is 4.26. The summed E-state index contributed by atoms with van der Waals surface area (Å²) in [4.78, 5) is 21.6. The van der Waals surface area contributed by atoms with Crippen LogP contribution in [0.2, 0.25) is 0 Å². The third-order valence-electron chi connectivity index (χ3n) is 5.60. The number of amides is 1. The Labute approximate surface area is 153 Å². The van der Waals surface area contributed by atoms with Gasteiger partial charge in [-0.2, -0.15) is 13.2 Å². The second-order valence-electron chi connectivity index (χ2n) is 7.27. The van der Waals surface area contributed by atoms with Crippen LogP contribution in [-0.4, -0.2) is 49.6 Å². The molecule has 144 valence electrons. The zero-order valence-electron chi connectivity index (χ0n) is 14.4. The molecular weight excluding hydrogens is 361 g/mol. The minimum Gasteiger partial charge on any atom is -0.391 e. The first-order valence-corrected chi connectivity index (χ1v) is 8.81. The van der Waals surface area contributed by atoms with Gasteiger partial charge in [0.2, 0.25) is 0 Å². The van der Waals surface area contributed by atoms with E-state index < -0.39 is 23.9 Å². The summed E-state index contributed by atoms with van der Waals surface area (Å²) in [6.45, 7) is 0.923. The number of alkyl halides is 3. The predicted octanol–water partition coefficient (Wildman–Crippen LogP) is 2.38. The highest BCUT2D eigenvalue weighted by Crippen LogP contribution is 2.41. The second-order valence-corrected chi connectivity index (χ2v) is 7.27. The lowest BCUT2D eigenvalue weighted by Crippen LogP contribution is -2.35. The highest BCUT2D eigenvalue weighted by Gasteiger charge is 2.43. The highest BCUT2D eigenvalue weighted by molar-refractivity contribution is 5.94. The molecular formula is C18H19F3N4O2. The van der Waals surface area contributed by atoms with Crippen molar-refractivity contribution < 1.29 is 23.1 Å². The van der Waals surface area contributed by atoms with E-state index in [1.165, 1.54) is 6.07 Å². The van der Waals surface area contributed by atoms with Crippen LogP contribution in [0.3, 0.4) is 0 Å². The number of aliphatic hydroxyl groups excluding tert-OH is 1. The number of nitrogens with zero attached hydrogens (tertiary/aromatic N) is 4. The lowest BCUT2D eigenvalue weighted by atomic mass is 9.77. The number of aliphatic hydroxyl groups is 1. The van der Waals surface area contributed by atoms with Gasteiger partial charge in [-0.1, -0.05) is 0 Å². The Morgan fingerprint density at radius 3 is 2.59 bits per heavy atom. The molecule has 6 nitrogen and oxygen atoms in total. The van der Waals surface area contributed by atoms with E-state index >= 15 is 0 Å². The van der Waals surface area contributed by atoms with Crippen LogP contribution in [-0.2, 0) is 6.18 Å². The van der Waals surface area contributed by atoms with Crippen molar-refractivity contribution in [3.8, 4) is 0 Å². The van der Waals surface area contributed by atoms with Gasteiger partial charge in [0.1, 0.15) is 5.69 Å². The van der Waals surface area contributed by atoms with Gasteiger partial charge in [-0.25, -0.2) is 4.98 Å². The fourth-order valence-corrected chi connectivity index (χ4v) is 4.26. The molecule has 0 bridgehead atoms. The minimum absolute atomic E-state index is 0.0114. The summed E-state index contributed by atoms with van der Waals surface area (Å²) in [6, 6.07) is 2.01. The molecule has 3 heterocycles. The van der Waals surface area contributed by atoms with Crippen molar-refractivity contribution in [3.05, 3.63) is 48.3 Å². The van der Waals surface area contributed by atoms with Crippen LogP contribution in [0.15, 0.2) is 37.1 Å².